The van der Waals surface area contributed by atoms with Crippen molar-refractivity contribution in [3.05, 3.63) is 20.8 Å². The molecule has 112 valence electrons. The van der Waals surface area contributed by atoms with Gasteiger partial charge in [0.2, 0.25) is 0 Å². The topological polar surface area (TPSA) is 111 Å². The molecule has 1 aliphatic rings. The summed E-state index contributed by atoms with van der Waals surface area (Å²) in [5.74, 6) is 0.131. The zero-order chi connectivity index (χ0) is 14.8. The summed E-state index contributed by atoms with van der Waals surface area (Å²) in [6.07, 6.45) is 0.738. The van der Waals surface area contributed by atoms with Crippen LogP contribution in [0, 0.1) is 0 Å². The van der Waals surface area contributed by atoms with Crippen LogP contribution in [0.1, 0.15) is 13.3 Å². The van der Waals surface area contributed by atoms with Crippen LogP contribution in [0.3, 0.4) is 0 Å². The van der Waals surface area contributed by atoms with Crippen molar-refractivity contribution >= 4 is 11.5 Å². The van der Waals surface area contributed by atoms with Crippen LogP contribution in [-0.4, -0.2) is 42.0 Å². The molecular formula is C12H20N4O4. The Labute approximate surface area is 115 Å². The minimum absolute atomic E-state index is 0.131. The highest BCUT2D eigenvalue weighted by molar-refractivity contribution is 5.60. The maximum absolute atomic E-state index is 11.8. The molecule has 2 rings (SSSR count). The van der Waals surface area contributed by atoms with Crippen molar-refractivity contribution in [1.82, 2.24) is 9.55 Å². The lowest BCUT2D eigenvalue weighted by Crippen LogP contribution is -2.42. The number of H-pyrrole nitrogens is 1. The third-order valence-electron chi connectivity index (χ3n) is 3.64. The molecule has 2 heterocycles. The first kappa shape index (κ1) is 14.6. The fourth-order valence-electron chi connectivity index (χ4n) is 2.28. The van der Waals surface area contributed by atoms with Crippen LogP contribution in [-0.2, 0) is 16.0 Å². The second-order valence-electron chi connectivity index (χ2n) is 4.81. The number of nitrogen functional groups attached to an aromatic ring is 1. The number of nitrogens with two attached hydrogens (primary N) is 1. The fourth-order valence-corrected chi connectivity index (χ4v) is 2.28. The molecule has 0 spiro atoms. The van der Waals surface area contributed by atoms with Gasteiger partial charge in [0.05, 0.1) is 6.61 Å². The van der Waals surface area contributed by atoms with Gasteiger partial charge in [-0.3, -0.25) is 14.3 Å². The highest BCUT2D eigenvalue weighted by atomic mass is 16.5. The van der Waals surface area contributed by atoms with Gasteiger partial charge in [-0.1, -0.05) is 0 Å². The van der Waals surface area contributed by atoms with Crippen LogP contribution < -0.4 is 22.3 Å². The van der Waals surface area contributed by atoms with Crippen LogP contribution in [0.25, 0.3) is 0 Å². The quantitative estimate of drug-likeness (QED) is 0.663. The summed E-state index contributed by atoms with van der Waals surface area (Å²) >= 11 is 0. The van der Waals surface area contributed by atoms with Gasteiger partial charge in [-0.2, -0.15) is 0 Å². The van der Waals surface area contributed by atoms with Crippen molar-refractivity contribution in [2.45, 2.75) is 25.5 Å². The Bertz CT molecular complexity index is 586. The molecule has 0 amide bonds. The van der Waals surface area contributed by atoms with E-state index in [1.54, 1.807) is 14.0 Å². The van der Waals surface area contributed by atoms with Crippen molar-refractivity contribution in [2.75, 3.05) is 37.9 Å². The summed E-state index contributed by atoms with van der Waals surface area (Å²) < 4.78 is 12.1. The average Bonchev–Trinajstić information content (AvgIpc) is 2.88. The average molecular weight is 284 g/mol. The highest BCUT2D eigenvalue weighted by Gasteiger charge is 2.35. The van der Waals surface area contributed by atoms with Crippen LogP contribution in [0.4, 0.5) is 11.5 Å². The lowest BCUT2D eigenvalue weighted by atomic mass is 10.0. The Hall–Kier alpha value is -1.80. The number of hydrogen-bond donors (Lipinski definition) is 3. The van der Waals surface area contributed by atoms with Gasteiger partial charge in [0.25, 0.3) is 5.56 Å². The molecule has 20 heavy (non-hydrogen) atoms. The normalized spacial score (nSPS) is 22.1. The molecule has 1 saturated heterocycles. The third-order valence-corrected chi connectivity index (χ3v) is 3.64. The molecule has 0 aromatic carbocycles. The van der Waals surface area contributed by atoms with Crippen LogP contribution in [0.5, 0.6) is 0 Å². The Kier molecular flexibility index (Phi) is 4.15. The van der Waals surface area contributed by atoms with Crippen LogP contribution >= 0.6 is 0 Å². The van der Waals surface area contributed by atoms with Gasteiger partial charge in [0, 0.05) is 33.2 Å². The molecule has 0 bridgehead atoms. The second kappa shape index (κ2) is 5.68. The summed E-state index contributed by atoms with van der Waals surface area (Å²) in [5, 5.41) is 2.98. The van der Waals surface area contributed by atoms with E-state index < -0.39 is 16.9 Å². The minimum atomic E-state index is -0.526. The van der Waals surface area contributed by atoms with E-state index in [2.05, 4.69) is 10.3 Å². The van der Waals surface area contributed by atoms with Gasteiger partial charge in [0.1, 0.15) is 17.1 Å². The zero-order valence-electron chi connectivity index (χ0n) is 11.7. The summed E-state index contributed by atoms with van der Waals surface area (Å²) in [5.41, 5.74) is 4.56. The first-order chi connectivity index (χ1) is 9.53. The van der Waals surface area contributed by atoms with Gasteiger partial charge in [0.15, 0.2) is 0 Å². The Balaban J connectivity index is 2.26. The molecule has 1 atom stereocenters. The molecule has 1 fully saturated rings. The third kappa shape index (κ3) is 2.56. The number of nitrogens with zero attached hydrogens (tertiary/aromatic N) is 1. The number of nitrogens with one attached hydrogen (secondary N) is 2. The van der Waals surface area contributed by atoms with E-state index in [4.69, 9.17) is 15.2 Å². The van der Waals surface area contributed by atoms with E-state index in [0.717, 1.165) is 6.42 Å². The molecule has 0 aliphatic carbocycles. The predicted octanol–water partition coefficient (Wildman–Crippen LogP) is -0.644. The zero-order valence-corrected chi connectivity index (χ0v) is 11.7. The van der Waals surface area contributed by atoms with Crippen molar-refractivity contribution in [1.29, 1.82) is 0 Å². The predicted molar refractivity (Wildman–Crippen MR) is 75.1 cm³/mol. The summed E-state index contributed by atoms with van der Waals surface area (Å²) in [6, 6.07) is 0. The SMILES string of the molecule is CCn1c(N)c(NCC2(OC)CCOC2)c(=O)[nH]c1=O. The second-order valence-corrected chi connectivity index (χ2v) is 4.81. The standard InChI is InChI=1S/C12H20N4O4/c1-3-16-9(13)8(10(17)15-11(16)18)14-6-12(19-2)4-5-20-7-12/h14H,3-7,13H2,1-2H3,(H,15,17,18). The first-order valence-electron chi connectivity index (χ1n) is 6.52. The molecule has 0 saturated carbocycles. The number of ether oxygens (including phenoxy) is 2. The monoisotopic (exact) mass is 284 g/mol. The number of rotatable bonds is 5. The molecule has 4 N–H and O–H groups in total. The van der Waals surface area contributed by atoms with Gasteiger partial charge in [-0.05, 0) is 6.92 Å². The molecular weight excluding hydrogens is 264 g/mol. The highest BCUT2D eigenvalue weighted by Crippen LogP contribution is 2.23. The summed E-state index contributed by atoms with van der Waals surface area (Å²) in [4.78, 5) is 25.7. The fraction of sp³-hybridized carbons (Fsp3) is 0.667. The van der Waals surface area contributed by atoms with Crippen molar-refractivity contribution < 1.29 is 9.47 Å². The van der Waals surface area contributed by atoms with Gasteiger partial charge < -0.3 is 20.5 Å². The van der Waals surface area contributed by atoms with Gasteiger partial charge >= 0.3 is 5.69 Å². The molecule has 8 heteroatoms. The number of hydrogen-bond acceptors (Lipinski definition) is 6. The molecule has 1 unspecified atom stereocenters. The molecule has 0 radical (unpaired) electrons. The van der Waals surface area contributed by atoms with Crippen LogP contribution in [0.2, 0.25) is 0 Å². The summed E-state index contributed by atoms with van der Waals surface area (Å²) in [7, 11) is 1.61. The smallest absolute Gasteiger partial charge is 0.330 e. The van der Waals surface area contributed by atoms with Gasteiger partial charge in [-0.25, -0.2) is 4.79 Å². The van der Waals surface area contributed by atoms with Crippen molar-refractivity contribution in [3.63, 3.8) is 0 Å². The van der Waals surface area contributed by atoms with E-state index in [-0.39, 0.29) is 11.5 Å². The molecule has 1 aromatic heterocycles. The first-order valence-corrected chi connectivity index (χ1v) is 6.52. The molecule has 8 nitrogen and oxygen atoms in total. The molecule has 1 aromatic rings. The Morgan fingerprint density at radius 1 is 1.55 bits per heavy atom. The maximum Gasteiger partial charge on any atom is 0.330 e. The number of aromatic nitrogens is 2. The van der Waals surface area contributed by atoms with E-state index in [0.29, 0.717) is 26.3 Å². The van der Waals surface area contributed by atoms with Crippen molar-refractivity contribution in [2.24, 2.45) is 0 Å². The van der Waals surface area contributed by atoms with Crippen molar-refractivity contribution in [3.8, 4) is 0 Å². The number of methoxy groups -OCH3 is 1. The van der Waals surface area contributed by atoms with E-state index in [1.165, 1.54) is 4.57 Å². The number of anilines is 2. The Morgan fingerprint density at radius 3 is 2.85 bits per heavy atom. The van der Waals surface area contributed by atoms with E-state index in [1.807, 2.05) is 0 Å². The summed E-state index contributed by atoms with van der Waals surface area (Å²) in [6.45, 7) is 3.63. The van der Waals surface area contributed by atoms with E-state index >= 15 is 0 Å². The number of aromatic amines is 1. The van der Waals surface area contributed by atoms with Crippen LogP contribution in [0.15, 0.2) is 9.59 Å². The maximum atomic E-state index is 11.8. The minimum Gasteiger partial charge on any atom is -0.383 e. The van der Waals surface area contributed by atoms with E-state index in [9.17, 15) is 9.59 Å². The Morgan fingerprint density at radius 2 is 2.30 bits per heavy atom. The molecule has 1 aliphatic heterocycles. The largest absolute Gasteiger partial charge is 0.383 e. The van der Waals surface area contributed by atoms with Gasteiger partial charge in [-0.15, -0.1) is 0 Å². The lowest BCUT2D eigenvalue weighted by Gasteiger charge is -2.26. The lowest BCUT2D eigenvalue weighted by molar-refractivity contribution is -0.00621.